The number of nitrogens with zero attached hydrogens (tertiary/aromatic N) is 3. The highest BCUT2D eigenvalue weighted by Crippen LogP contribution is 2.39. The molecule has 0 spiro atoms. The third kappa shape index (κ3) is 5.34. The summed E-state index contributed by atoms with van der Waals surface area (Å²) in [5, 5.41) is 28.4. The van der Waals surface area contributed by atoms with Gasteiger partial charge >= 0.3 is 0 Å². The summed E-state index contributed by atoms with van der Waals surface area (Å²) in [4.78, 5) is 0. The van der Waals surface area contributed by atoms with Gasteiger partial charge in [-0.3, -0.25) is 5.32 Å². The number of rotatable bonds is 9. The zero-order chi connectivity index (χ0) is 20.4. The van der Waals surface area contributed by atoms with E-state index in [0.717, 1.165) is 12.8 Å². The fourth-order valence-corrected chi connectivity index (χ4v) is 3.81. The predicted octanol–water partition coefficient (Wildman–Crippen LogP) is 1.69. The molecule has 9 nitrogen and oxygen atoms in total. The largest absolute Gasteiger partial charge is 0.411 e. The smallest absolute Gasteiger partial charge is 0.222 e. The van der Waals surface area contributed by atoms with E-state index in [0.29, 0.717) is 34.3 Å². The Morgan fingerprint density at radius 3 is 2.79 bits per heavy atom. The lowest BCUT2D eigenvalue weighted by Crippen LogP contribution is -2.38. The summed E-state index contributed by atoms with van der Waals surface area (Å²) in [7, 11) is -3.60. The molecule has 0 unspecified atom stereocenters. The molecule has 1 aromatic heterocycles. The van der Waals surface area contributed by atoms with Crippen LogP contribution >= 0.6 is 15.9 Å². The fourth-order valence-electron chi connectivity index (χ4n) is 2.88. The molecule has 4 N–H and O–H groups in total. The summed E-state index contributed by atoms with van der Waals surface area (Å²) in [5.74, 6) is -0.684. The molecule has 0 atom stereocenters. The SMILES string of the molecule is NS(=O)(=O)CNC1(CCc2nonc2/C(Cc2ccc(F)c(Br)c2)=N/O)CC1. The molecule has 12 heteroatoms. The van der Waals surface area contributed by atoms with E-state index in [1.54, 1.807) is 12.1 Å². The van der Waals surface area contributed by atoms with E-state index >= 15 is 0 Å². The van der Waals surface area contributed by atoms with Crippen LogP contribution in [0.4, 0.5) is 4.39 Å². The molecule has 1 fully saturated rings. The third-order valence-electron chi connectivity index (χ3n) is 4.65. The first-order valence-corrected chi connectivity index (χ1v) is 10.9. The minimum Gasteiger partial charge on any atom is -0.411 e. The molecule has 2 aromatic rings. The summed E-state index contributed by atoms with van der Waals surface area (Å²) >= 11 is 3.12. The van der Waals surface area contributed by atoms with Gasteiger partial charge in [0.1, 0.15) is 23.1 Å². The molecule has 0 bridgehead atoms. The molecule has 1 aromatic carbocycles. The second-order valence-corrected chi connectivity index (χ2v) is 9.26. The van der Waals surface area contributed by atoms with Crippen LogP contribution in [-0.2, 0) is 22.9 Å². The maximum Gasteiger partial charge on any atom is 0.222 e. The Bertz CT molecular complexity index is 991. The van der Waals surface area contributed by atoms with Gasteiger partial charge in [-0.15, -0.1) is 0 Å². The molecule has 1 aliphatic rings. The number of primary sulfonamides is 1. The first-order chi connectivity index (χ1) is 13.2. The molecule has 28 heavy (non-hydrogen) atoms. The molecular formula is C16H19BrFN5O4S. The first kappa shape index (κ1) is 20.8. The van der Waals surface area contributed by atoms with Gasteiger partial charge in [0.25, 0.3) is 0 Å². The zero-order valence-electron chi connectivity index (χ0n) is 14.7. The van der Waals surface area contributed by atoms with Gasteiger partial charge in [-0.2, -0.15) is 0 Å². The Hall–Kier alpha value is -1.89. The van der Waals surface area contributed by atoms with Gasteiger partial charge in [0.2, 0.25) is 10.0 Å². The molecule has 1 aliphatic carbocycles. The van der Waals surface area contributed by atoms with Crippen molar-refractivity contribution in [3.63, 3.8) is 0 Å². The lowest BCUT2D eigenvalue weighted by atomic mass is 10.0. The van der Waals surface area contributed by atoms with E-state index in [-0.39, 0.29) is 23.5 Å². The van der Waals surface area contributed by atoms with Gasteiger partial charge in [0.05, 0.1) is 4.47 Å². The number of hydrogen-bond donors (Lipinski definition) is 3. The minimum absolute atomic E-state index is 0.200. The van der Waals surface area contributed by atoms with Crippen LogP contribution in [0.15, 0.2) is 32.5 Å². The van der Waals surface area contributed by atoms with Crippen LogP contribution in [0.1, 0.15) is 36.2 Å². The van der Waals surface area contributed by atoms with Crippen LogP contribution in [0.5, 0.6) is 0 Å². The van der Waals surface area contributed by atoms with Crippen molar-refractivity contribution in [2.75, 3.05) is 5.88 Å². The number of sulfonamides is 1. The average molecular weight is 476 g/mol. The van der Waals surface area contributed by atoms with Gasteiger partial charge in [-0.05, 0) is 64.5 Å². The van der Waals surface area contributed by atoms with E-state index in [4.69, 9.17) is 9.77 Å². The maximum absolute atomic E-state index is 13.4. The van der Waals surface area contributed by atoms with Crippen molar-refractivity contribution >= 4 is 31.7 Å². The normalized spacial score (nSPS) is 16.3. The minimum atomic E-state index is -3.60. The summed E-state index contributed by atoms with van der Waals surface area (Å²) in [6, 6.07) is 4.48. The zero-order valence-corrected chi connectivity index (χ0v) is 17.1. The van der Waals surface area contributed by atoms with Crippen molar-refractivity contribution in [3.8, 4) is 0 Å². The van der Waals surface area contributed by atoms with Crippen molar-refractivity contribution in [3.05, 3.63) is 45.4 Å². The number of hydrogen-bond acceptors (Lipinski definition) is 8. The quantitative estimate of drug-likeness (QED) is 0.284. The van der Waals surface area contributed by atoms with Crippen LogP contribution in [0, 0.1) is 5.82 Å². The van der Waals surface area contributed by atoms with Crippen LogP contribution in [0.25, 0.3) is 0 Å². The Balaban J connectivity index is 1.67. The molecule has 1 heterocycles. The Kier molecular flexibility index (Phi) is 6.12. The van der Waals surface area contributed by atoms with Crippen molar-refractivity contribution in [2.45, 2.75) is 37.6 Å². The predicted molar refractivity (Wildman–Crippen MR) is 102 cm³/mol. The lowest BCUT2D eigenvalue weighted by Gasteiger charge is -2.15. The number of nitrogens with two attached hydrogens (primary N) is 1. The van der Waals surface area contributed by atoms with Crippen molar-refractivity contribution < 1.29 is 22.6 Å². The number of aromatic nitrogens is 2. The first-order valence-electron chi connectivity index (χ1n) is 8.43. The number of aryl methyl sites for hydroxylation is 1. The summed E-state index contributed by atoms with van der Waals surface area (Å²) in [6.07, 6.45) is 2.90. The third-order valence-corrected chi connectivity index (χ3v) is 5.80. The van der Waals surface area contributed by atoms with Crippen LogP contribution in [-0.4, -0.2) is 41.1 Å². The summed E-state index contributed by atoms with van der Waals surface area (Å²) < 4.78 is 40.8. The number of oxime groups is 1. The Labute approximate surface area is 169 Å². The van der Waals surface area contributed by atoms with Gasteiger partial charge in [-0.25, -0.2) is 22.6 Å². The van der Waals surface area contributed by atoms with E-state index in [1.807, 2.05) is 0 Å². The van der Waals surface area contributed by atoms with Crippen LogP contribution in [0.3, 0.4) is 0 Å². The second-order valence-electron chi connectivity index (χ2n) is 6.80. The lowest BCUT2D eigenvalue weighted by molar-refractivity contribution is 0.299. The molecule has 0 amide bonds. The van der Waals surface area contributed by atoms with E-state index in [9.17, 15) is 18.0 Å². The second kappa shape index (κ2) is 8.23. The highest BCUT2D eigenvalue weighted by molar-refractivity contribution is 9.10. The topological polar surface area (TPSA) is 144 Å². The van der Waals surface area contributed by atoms with Gasteiger partial charge < -0.3 is 5.21 Å². The number of nitrogens with one attached hydrogen (secondary N) is 1. The average Bonchev–Trinajstić information content (AvgIpc) is 3.27. The molecule has 0 saturated heterocycles. The van der Waals surface area contributed by atoms with E-state index in [2.05, 4.69) is 36.7 Å². The van der Waals surface area contributed by atoms with E-state index in [1.165, 1.54) is 6.07 Å². The molecule has 152 valence electrons. The molecule has 1 saturated carbocycles. The highest BCUT2D eigenvalue weighted by atomic mass is 79.9. The summed E-state index contributed by atoms with van der Waals surface area (Å²) in [6.45, 7) is 0. The molecule has 3 rings (SSSR count). The molecule has 0 radical (unpaired) electrons. The van der Waals surface area contributed by atoms with Gasteiger partial charge in [0, 0.05) is 12.0 Å². The fraction of sp³-hybridized carbons (Fsp3) is 0.438. The highest BCUT2D eigenvalue weighted by Gasteiger charge is 2.42. The number of halogens is 2. The Morgan fingerprint density at radius 2 is 2.18 bits per heavy atom. The molecule has 0 aliphatic heterocycles. The van der Waals surface area contributed by atoms with Crippen molar-refractivity contribution in [2.24, 2.45) is 10.3 Å². The summed E-state index contributed by atoms with van der Waals surface area (Å²) in [5.41, 5.74) is 1.45. The van der Waals surface area contributed by atoms with Gasteiger partial charge in [-0.1, -0.05) is 16.4 Å². The monoisotopic (exact) mass is 475 g/mol. The number of benzene rings is 1. The maximum atomic E-state index is 13.4. The van der Waals surface area contributed by atoms with Crippen LogP contribution in [0.2, 0.25) is 0 Å². The molecular weight excluding hydrogens is 457 g/mol. The van der Waals surface area contributed by atoms with Crippen molar-refractivity contribution in [1.82, 2.24) is 15.6 Å². The van der Waals surface area contributed by atoms with E-state index < -0.39 is 15.8 Å². The van der Waals surface area contributed by atoms with Crippen LogP contribution < -0.4 is 10.5 Å². The van der Waals surface area contributed by atoms with Gasteiger partial charge in [0.15, 0.2) is 5.69 Å². The Morgan fingerprint density at radius 1 is 1.43 bits per heavy atom. The van der Waals surface area contributed by atoms with Crippen molar-refractivity contribution in [1.29, 1.82) is 0 Å². The standard InChI is InChI=1S/C16H19BrFN5O4S/c17-11-7-10(1-2-12(11)18)8-14(21-24)15-13(22-27-23-15)3-4-16(5-6-16)20-9-28(19,25)26/h1-2,7,20,24H,3-6,8-9H2,(H2,19,25,26)/b21-14+.